The summed E-state index contributed by atoms with van der Waals surface area (Å²) in [5, 5.41) is 20.4. The second kappa shape index (κ2) is 9.60. The van der Waals surface area contributed by atoms with Crippen molar-refractivity contribution in [3.63, 3.8) is 0 Å². The molecule has 172 valence electrons. The average molecular weight is 448 g/mol. The van der Waals surface area contributed by atoms with Gasteiger partial charge in [-0.1, -0.05) is 42.5 Å². The summed E-state index contributed by atoms with van der Waals surface area (Å²) in [5.74, 6) is -1.96. The predicted molar refractivity (Wildman–Crippen MR) is 128 cm³/mol. The molecule has 2 aromatic carbocycles. The van der Waals surface area contributed by atoms with Crippen molar-refractivity contribution in [2.24, 2.45) is 0 Å². The lowest BCUT2D eigenvalue weighted by Gasteiger charge is -2.37. The lowest BCUT2D eigenvalue weighted by molar-refractivity contribution is -0.144. The van der Waals surface area contributed by atoms with Crippen LogP contribution in [0.5, 0.6) is 0 Å². The molecule has 7 heteroatoms. The van der Waals surface area contributed by atoms with Gasteiger partial charge in [-0.3, -0.25) is 14.6 Å². The minimum atomic E-state index is -1.03. The molecular formula is C26H29N3O4. The molecule has 0 amide bonds. The van der Waals surface area contributed by atoms with Crippen molar-refractivity contribution in [3.8, 4) is 0 Å². The minimum Gasteiger partial charge on any atom is -0.480 e. The van der Waals surface area contributed by atoms with Crippen LogP contribution in [0.4, 0.5) is 0 Å². The molecule has 1 aliphatic rings. The summed E-state index contributed by atoms with van der Waals surface area (Å²) in [5.41, 5.74) is 3.78. The number of aliphatic carboxylic acids is 1. The van der Waals surface area contributed by atoms with E-state index in [9.17, 15) is 19.8 Å². The smallest absolute Gasteiger partial charge is 0.335 e. The highest BCUT2D eigenvalue weighted by Crippen LogP contribution is 2.32. The Labute approximate surface area is 193 Å². The van der Waals surface area contributed by atoms with Gasteiger partial charge in [0.05, 0.1) is 5.56 Å². The Bertz CT molecular complexity index is 1180. The van der Waals surface area contributed by atoms with Crippen LogP contribution >= 0.6 is 0 Å². The van der Waals surface area contributed by atoms with Crippen LogP contribution in [0.3, 0.4) is 0 Å². The molecule has 1 saturated heterocycles. The Balaban J connectivity index is 1.73. The van der Waals surface area contributed by atoms with Gasteiger partial charge in [-0.25, -0.2) is 4.79 Å². The van der Waals surface area contributed by atoms with Gasteiger partial charge in [0.2, 0.25) is 0 Å². The number of piperazine rings is 1. The van der Waals surface area contributed by atoms with E-state index >= 15 is 0 Å². The van der Waals surface area contributed by atoms with Gasteiger partial charge in [0.25, 0.3) is 0 Å². The van der Waals surface area contributed by atoms with E-state index in [1.54, 1.807) is 18.2 Å². The number of aromatic carboxylic acids is 1. The number of carbonyl (C=O) groups is 2. The number of hydrogen-bond donors (Lipinski definition) is 2. The molecule has 2 N–H and O–H groups in total. The predicted octanol–water partition coefficient (Wildman–Crippen LogP) is 3.71. The van der Waals surface area contributed by atoms with E-state index in [2.05, 4.69) is 11.5 Å². The molecule has 4 rings (SSSR count). The standard InChI is InChI=1S/C26H29N3O4/c1-18(2)15-27-10-12-28(13-11-27)24(26(32)33)22-17-29(16-19-6-4-3-5-7-19)23-9-8-20(25(30)31)14-21(22)23/h3-9,14,17,24H,1,10-13,15-16H2,2H3,(H,30,31)(H,32,33). The molecular weight excluding hydrogens is 418 g/mol. The Morgan fingerprint density at radius 3 is 2.33 bits per heavy atom. The molecule has 2 heterocycles. The van der Waals surface area contributed by atoms with Crippen molar-refractivity contribution < 1.29 is 19.8 Å². The van der Waals surface area contributed by atoms with Gasteiger partial charge in [-0.2, -0.15) is 0 Å². The zero-order valence-corrected chi connectivity index (χ0v) is 18.8. The largest absolute Gasteiger partial charge is 0.480 e. The Morgan fingerprint density at radius 2 is 1.73 bits per heavy atom. The summed E-state index contributed by atoms with van der Waals surface area (Å²) in [4.78, 5) is 28.4. The van der Waals surface area contributed by atoms with Crippen molar-refractivity contribution in [2.45, 2.75) is 19.5 Å². The summed E-state index contributed by atoms with van der Waals surface area (Å²) in [6.07, 6.45) is 1.88. The maximum Gasteiger partial charge on any atom is 0.335 e. The van der Waals surface area contributed by atoms with Crippen LogP contribution in [-0.2, 0) is 11.3 Å². The first-order valence-electron chi connectivity index (χ1n) is 11.1. The van der Waals surface area contributed by atoms with E-state index in [0.29, 0.717) is 30.6 Å². The van der Waals surface area contributed by atoms with Crippen LogP contribution in [0.1, 0.15) is 34.5 Å². The molecule has 0 spiro atoms. The Morgan fingerprint density at radius 1 is 1.03 bits per heavy atom. The van der Waals surface area contributed by atoms with Gasteiger partial charge in [0, 0.05) is 61.9 Å². The second-order valence-electron chi connectivity index (χ2n) is 8.75. The van der Waals surface area contributed by atoms with Crippen LogP contribution in [0.2, 0.25) is 0 Å². The molecule has 7 nitrogen and oxygen atoms in total. The van der Waals surface area contributed by atoms with Crippen LogP contribution in [0, 0.1) is 0 Å². The van der Waals surface area contributed by atoms with Crippen LogP contribution in [0.15, 0.2) is 66.9 Å². The molecule has 0 bridgehead atoms. The van der Waals surface area contributed by atoms with Gasteiger partial charge in [0.1, 0.15) is 6.04 Å². The fourth-order valence-corrected chi connectivity index (χ4v) is 4.63. The highest BCUT2D eigenvalue weighted by Gasteiger charge is 2.33. The number of benzene rings is 2. The number of carboxylic acids is 2. The molecule has 0 aliphatic carbocycles. The summed E-state index contributed by atoms with van der Waals surface area (Å²) < 4.78 is 2.01. The first kappa shape index (κ1) is 22.8. The van der Waals surface area contributed by atoms with Gasteiger partial charge >= 0.3 is 11.9 Å². The summed E-state index contributed by atoms with van der Waals surface area (Å²) in [7, 11) is 0. The third-order valence-electron chi connectivity index (χ3n) is 6.15. The zero-order chi connectivity index (χ0) is 23.5. The molecule has 33 heavy (non-hydrogen) atoms. The summed E-state index contributed by atoms with van der Waals surface area (Å²) in [6, 6.07) is 14.0. The number of hydrogen-bond acceptors (Lipinski definition) is 4. The fourth-order valence-electron chi connectivity index (χ4n) is 4.63. The topological polar surface area (TPSA) is 86.0 Å². The highest BCUT2D eigenvalue weighted by atomic mass is 16.4. The molecule has 3 aromatic rings. The third-order valence-corrected chi connectivity index (χ3v) is 6.15. The molecule has 1 aliphatic heterocycles. The third kappa shape index (κ3) is 4.99. The van der Waals surface area contributed by atoms with Gasteiger partial charge in [-0.15, -0.1) is 0 Å². The lowest BCUT2D eigenvalue weighted by atomic mass is 10.0. The van der Waals surface area contributed by atoms with Crippen molar-refractivity contribution >= 4 is 22.8 Å². The van der Waals surface area contributed by atoms with Gasteiger partial charge in [-0.05, 0) is 30.7 Å². The number of aromatic nitrogens is 1. The normalized spacial score (nSPS) is 16.0. The number of nitrogens with zero attached hydrogens (tertiary/aromatic N) is 3. The number of rotatable bonds is 8. The average Bonchev–Trinajstić information content (AvgIpc) is 3.12. The van der Waals surface area contributed by atoms with Crippen molar-refractivity contribution in [1.29, 1.82) is 0 Å². The second-order valence-corrected chi connectivity index (χ2v) is 8.75. The van der Waals surface area contributed by atoms with Gasteiger partial charge in [0.15, 0.2) is 0 Å². The molecule has 1 fully saturated rings. The van der Waals surface area contributed by atoms with E-state index in [1.807, 2.05) is 52.9 Å². The number of carboxylic acid groups (broad SMARTS) is 2. The maximum absolute atomic E-state index is 12.5. The summed E-state index contributed by atoms with van der Waals surface area (Å²) in [6.45, 7) is 10.1. The minimum absolute atomic E-state index is 0.150. The highest BCUT2D eigenvalue weighted by molar-refractivity contribution is 5.96. The SMILES string of the molecule is C=C(C)CN1CCN(C(C(=O)O)c2cn(Cc3ccccc3)c3ccc(C(=O)O)cc23)CC1. The van der Waals surface area contributed by atoms with Crippen LogP contribution in [0.25, 0.3) is 10.9 Å². The first-order valence-corrected chi connectivity index (χ1v) is 11.1. The number of fused-ring (bicyclic) bond motifs is 1. The molecule has 1 atom stereocenters. The van der Waals surface area contributed by atoms with E-state index in [1.165, 1.54) is 0 Å². The quantitative estimate of drug-likeness (QED) is 0.512. The Kier molecular flexibility index (Phi) is 6.62. The van der Waals surface area contributed by atoms with Gasteiger partial charge < -0.3 is 14.8 Å². The van der Waals surface area contributed by atoms with Crippen molar-refractivity contribution in [1.82, 2.24) is 14.4 Å². The van der Waals surface area contributed by atoms with E-state index < -0.39 is 18.0 Å². The fraction of sp³-hybridized carbons (Fsp3) is 0.308. The van der Waals surface area contributed by atoms with E-state index in [4.69, 9.17) is 0 Å². The van der Waals surface area contributed by atoms with E-state index in [-0.39, 0.29) is 5.56 Å². The molecule has 1 unspecified atom stereocenters. The molecule has 0 saturated carbocycles. The Hall–Kier alpha value is -3.42. The van der Waals surface area contributed by atoms with Crippen LogP contribution < -0.4 is 0 Å². The summed E-state index contributed by atoms with van der Waals surface area (Å²) >= 11 is 0. The van der Waals surface area contributed by atoms with Crippen molar-refractivity contribution in [3.05, 3.63) is 83.6 Å². The zero-order valence-electron chi connectivity index (χ0n) is 18.8. The maximum atomic E-state index is 12.5. The lowest BCUT2D eigenvalue weighted by Crippen LogP contribution is -2.49. The molecule has 1 aromatic heterocycles. The first-order chi connectivity index (χ1) is 15.8. The van der Waals surface area contributed by atoms with E-state index in [0.717, 1.165) is 36.3 Å². The van der Waals surface area contributed by atoms with Crippen molar-refractivity contribution in [2.75, 3.05) is 32.7 Å². The molecule has 0 radical (unpaired) electrons. The monoisotopic (exact) mass is 447 g/mol. The van der Waals surface area contributed by atoms with Crippen LogP contribution in [-0.4, -0.2) is 69.2 Å².